The summed E-state index contributed by atoms with van der Waals surface area (Å²) in [6.07, 6.45) is 4.22. The van der Waals surface area contributed by atoms with Crippen LogP contribution in [0, 0.1) is 11.7 Å². The lowest BCUT2D eigenvalue weighted by molar-refractivity contribution is 0.0313. The zero-order valence-corrected chi connectivity index (χ0v) is 20.5. The van der Waals surface area contributed by atoms with E-state index in [9.17, 15) is 19.1 Å². The highest BCUT2D eigenvalue weighted by atomic mass is 19.1. The Balaban J connectivity index is 1.68. The van der Waals surface area contributed by atoms with Crippen LogP contribution in [0.3, 0.4) is 0 Å². The van der Waals surface area contributed by atoms with Crippen molar-refractivity contribution in [2.45, 2.75) is 26.0 Å². The van der Waals surface area contributed by atoms with Crippen LogP contribution in [-0.4, -0.2) is 75.6 Å². The molecule has 0 aliphatic carbocycles. The number of aromatic nitrogens is 2. The predicted molar refractivity (Wildman–Crippen MR) is 132 cm³/mol. The molecule has 0 saturated carbocycles. The van der Waals surface area contributed by atoms with Crippen LogP contribution in [-0.2, 0) is 0 Å². The molecule has 1 aromatic carbocycles. The topological polar surface area (TPSA) is 95.9 Å². The smallest absolute Gasteiger partial charge is 0.259 e. The minimum Gasteiger partial charge on any atom is -0.472 e. The van der Waals surface area contributed by atoms with Crippen molar-refractivity contribution in [3.8, 4) is 17.0 Å². The molecule has 9 heteroatoms. The number of ether oxygens (including phenoxy) is 1. The summed E-state index contributed by atoms with van der Waals surface area (Å²) in [6, 6.07) is 10.6. The van der Waals surface area contributed by atoms with E-state index in [4.69, 9.17) is 4.74 Å². The predicted octanol–water partition coefficient (Wildman–Crippen LogP) is 3.28. The Morgan fingerprint density at radius 2 is 2.00 bits per heavy atom. The number of aliphatic hydroxyl groups is 1. The zero-order valence-electron chi connectivity index (χ0n) is 20.5. The van der Waals surface area contributed by atoms with Gasteiger partial charge in [0.1, 0.15) is 17.5 Å². The van der Waals surface area contributed by atoms with Crippen molar-refractivity contribution in [1.82, 2.24) is 19.8 Å². The van der Waals surface area contributed by atoms with E-state index in [1.807, 2.05) is 6.92 Å². The van der Waals surface area contributed by atoms with Gasteiger partial charge in [0.05, 0.1) is 24.8 Å². The number of carbonyl (C=O) groups excluding carboxylic acids is 2. The van der Waals surface area contributed by atoms with Gasteiger partial charge in [-0.3, -0.25) is 14.6 Å². The standard InChI is InChI=1S/C27H29FN4O4/c1-17-14-32(18(2)16-33)27(35)23-11-21(19-6-8-22(28)9-7-19)13-30-25(23)36-24(17)15-31(3)26(34)20-5-4-10-29-12-20/h4-13,17-18,24,33H,14-16H2,1-3H3/t17-,18-,24+/m0/s1. The van der Waals surface area contributed by atoms with Gasteiger partial charge in [0.25, 0.3) is 11.8 Å². The number of fused-ring (bicyclic) bond motifs is 1. The van der Waals surface area contributed by atoms with Crippen molar-refractivity contribution in [3.63, 3.8) is 0 Å². The molecule has 1 aliphatic heterocycles. The molecule has 4 rings (SSSR count). The number of halogens is 1. The Hall–Kier alpha value is -3.85. The first-order valence-electron chi connectivity index (χ1n) is 11.8. The fourth-order valence-corrected chi connectivity index (χ4v) is 4.18. The van der Waals surface area contributed by atoms with E-state index in [0.717, 1.165) is 0 Å². The number of hydrogen-bond donors (Lipinski definition) is 1. The lowest BCUT2D eigenvalue weighted by atomic mass is 9.99. The molecule has 8 nitrogen and oxygen atoms in total. The van der Waals surface area contributed by atoms with Gasteiger partial charge in [-0.15, -0.1) is 0 Å². The normalized spacial score (nSPS) is 18.5. The summed E-state index contributed by atoms with van der Waals surface area (Å²) in [5.74, 6) is -0.883. The maximum Gasteiger partial charge on any atom is 0.259 e. The van der Waals surface area contributed by atoms with Crippen LogP contribution in [0.15, 0.2) is 61.1 Å². The van der Waals surface area contributed by atoms with E-state index in [1.165, 1.54) is 18.3 Å². The van der Waals surface area contributed by atoms with Gasteiger partial charge >= 0.3 is 0 Å². The second-order valence-electron chi connectivity index (χ2n) is 9.13. The number of pyridine rings is 2. The third kappa shape index (κ3) is 5.36. The number of benzene rings is 1. The van der Waals surface area contributed by atoms with E-state index in [0.29, 0.717) is 23.2 Å². The monoisotopic (exact) mass is 492 g/mol. The molecule has 0 saturated heterocycles. The summed E-state index contributed by atoms with van der Waals surface area (Å²) < 4.78 is 19.7. The SMILES string of the molecule is C[C@H]1CN([C@@H](C)CO)C(=O)c2cc(-c3ccc(F)cc3)cnc2O[C@@H]1CN(C)C(=O)c1cccnc1. The summed E-state index contributed by atoms with van der Waals surface area (Å²) in [6.45, 7) is 4.09. The second-order valence-corrected chi connectivity index (χ2v) is 9.13. The van der Waals surface area contributed by atoms with Crippen molar-refractivity contribution in [3.05, 3.63) is 78.0 Å². The lowest BCUT2D eigenvalue weighted by Gasteiger charge is -2.37. The molecular formula is C27H29FN4O4. The first kappa shape index (κ1) is 25.2. The van der Waals surface area contributed by atoms with Gasteiger partial charge in [0.15, 0.2) is 0 Å². The first-order valence-corrected chi connectivity index (χ1v) is 11.8. The van der Waals surface area contributed by atoms with Gasteiger partial charge < -0.3 is 19.6 Å². The molecule has 3 heterocycles. The Bertz CT molecular complexity index is 1220. The molecule has 36 heavy (non-hydrogen) atoms. The van der Waals surface area contributed by atoms with Crippen LogP contribution >= 0.6 is 0 Å². The fourth-order valence-electron chi connectivity index (χ4n) is 4.18. The first-order chi connectivity index (χ1) is 17.3. The molecule has 0 bridgehead atoms. The van der Waals surface area contributed by atoms with Crippen LogP contribution in [0.1, 0.15) is 34.6 Å². The molecule has 0 unspecified atom stereocenters. The summed E-state index contributed by atoms with van der Waals surface area (Å²) in [5, 5.41) is 9.83. The number of rotatable bonds is 6. The highest BCUT2D eigenvalue weighted by molar-refractivity contribution is 5.98. The second kappa shape index (κ2) is 10.8. The average molecular weight is 493 g/mol. The van der Waals surface area contributed by atoms with Crippen LogP contribution in [0.4, 0.5) is 4.39 Å². The number of nitrogens with zero attached hydrogens (tertiary/aromatic N) is 4. The van der Waals surface area contributed by atoms with Gasteiger partial charge in [-0.2, -0.15) is 0 Å². The molecule has 3 atom stereocenters. The van der Waals surface area contributed by atoms with Gasteiger partial charge in [-0.25, -0.2) is 9.37 Å². The third-order valence-electron chi connectivity index (χ3n) is 6.41. The van der Waals surface area contributed by atoms with Crippen LogP contribution < -0.4 is 4.74 Å². The molecule has 2 aromatic heterocycles. The molecular weight excluding hydrogens is 463 g/mol. The third-order valence-corrected chi connectivity index (χ3v) is 6.41. The van der Waals surface area contributed by atoms with Gasteiger partial charge in [0, 0.05) is 43.7 Å². The van der Waals surface area contributed by atoms with Crippen molar-refractivity contribution >= 4 is 11.8 Å². The van der Waals surface area contributed by atoms with E-state index >= 15 is 0 Å². The average Bonchev–Trinajstić information content (AvgIpc) is 2.90. The Kier molecular flexibility index (Phi) is 7.59. The number of carbonyl (C=O) groups is 2. The molecule has 188 valence electrons. The Morgan fingerprint density at radius 3 is 2.67 bits per heavy atom. The van der Waals surface area contributed by atoms with E-state index < -0.39 is 12.1 Å². The Morgan fingerprint density at radius 1 is 1.25 bits per heavy atom. The number of likely N-dealkylation sites (N-methyl/N-ethyl adjacent to an activating group) is 1. The summed E-state index contributed by atoms with van der Waals surface area (Å²) in [5.41, 5.74) is 2.05. The number of aliphatic hydroxyl groups excluding tert-OH is 1. The molecule has 1 N–H and O–H groups in total. The molecule has 3 aromatic rings. The summed E-state index contributed by atoms with van der Waals surface area (Å²) in [7, 11) is 1.69. The lowest BCUT2D eigenvalue weighted by Crippen LogP contribution is -2.50. The van der Waals surface area contributed by atoms with Crippen molar-refractivity contribution in [1.29, 1.82) is 0 Å². The van der Waals surface area contributed by atoms with Gasteiger partial charge in [-0.1, -0.05) is 19.1 Å². The quantitative estimate of drug-likeness (QED) is 0.568. The van der Waals surface area contributed by atoms with Crippen LogP contribution in [0.2, 0.25) is 0 Å². The highest BCUT2D eigenvalue weighted by Crippen LogP contribution is 2.30. The van der Waals surface area contributed by atoms with E-state index in [1.54, 1.807) is 66.5 Å². The molecule has 1 aliphatic rings. The summed E-state index contributed by atoms with van der Waals surface area (Å²) >= 11 is 0. The minimum atomic E-state index is -0.472. The largest absolute Gasteiger partial charge is 0.472 e. The minimum absolute atomic E-state index is 0.153. The molecule has 0 spiro atoms. The highest BCUT2D eigenvalue weighted by Gasteiger charge is 2.35. The fraction of sp³-hybridized carbons (Fsp3) is 0.333. The Labute approximate surface area is 209 Å². The maximum absolute atomic E-state index is 13.6. The molecule has 0 fully saturated rings. The maximum atomic E-state index is 13.6. The van der Waals surface area contributed by atoms with Crippen molar-refractivity contribution < 1.29 is 23.8 Å². The zero-order chi connectivity index (χ0) is 25.8. The van der Waals surface area contributed by atoms with Gasteiger partial charge in [0.2, 0.25) is 5.88 Å². The van der Waals surface area contributed by atoms with Crippen molar-refractivity contribution in [2.75, 3.05) is 26.7 Å². The van der Waals surface area contributed by atoms with Crippen molar-refractivity contribution in [2.24, 2.45) is 5.92 Å². The molecule has 2 amide bonds. The number of amides is 2. The molecule has 0 radical (unpaired) electrons. The van der Waals surface area contributed by atoms with Crippen LogP contribution in [0.5, 0.6) is 5.88 Å². The van der Waals surface area contributed by atoms with Gasteiger partial charge in [-0.05, 0) is 42.8 Å². The number of hydrogen-bond acceptors (Lipinski definition) is 6. The summed E-state index contributed by atoms with van der Waals surface area (Å²) in [4.78, 5) is 38.1. The van der Waals surface area contributed by atoms with Crippen LogP contribution in [0.25, 0.3) is 11.1 Å². The van der Waals surface area contributed by atoms with E-state index in [-0.39, 0.29) is 48.1 Å². The van der Waals surface area contributed by atoms with E-state index in [2.05, 4.69) is 9.97 Å².